The molecular weight excluding hydrogens is 339 g/mol. The molecule has 1 unspecified atom stereocenters. The Labute approximate surface area is 161 Å². The van der Waals surface area contributed by atoms with Crippen molar-refractivity contribution in [1.82, 2.24) is 10.2 Å². The zero-order chi connectivity index (χ0) is 19.6. The lowest BCUT2D eigenvalue weighted by molar-refractivity contribution is 0.0765. The van der Waals surface area contributed by atoms with Gasteiger partial charge in [-0.15, -0.1) is 0 Å². The molecule has 2 aromatic carbocycles. The van der Waals surface area contributed by atoms with E-state index < -0.39 is 0 Å². The van der Waals surface area contributed by atoms with Gasteiger partial charge in [-0.25, -0.2) is 4.39 Å². The van der Waals surface area contributed by atoms with Crippen LogP contribution in [-0.2, 0) is 0 Å². The minimum atomic E-state index is -0.260. The molecule has 0 bridgehead atoms. The van der Waals surface area contributed by atoms with Crippen molar-refractivity contribution in [1.29, 1.82) is 0 Å². The van der Waals surface area contributed by atoms with Crippen LogP contribution in [0, 0.1) is 19.7 Å². The molecule has 1 fully saturated rings. The maximum atomic E-state index is 13.5. The lowest BCUT2D eigenvalue weighted by Gasteiger charge is -2.44. The molecule has 1 N–H and O–H groups in total. The van der Waals surface area contributed by atoms with E-state index in [2.05, 4.69) is 24.3 Å². The summed E-state index contributed by atoms with van der Waals surface area (Å²) in [5, 5.41) is 3.31. The highest BCUT2D eigenvalue weighted by atomic mass is 19.1. The van der Waals surface area contributed by atoms with Crippen molar-refractivity contribution < 1.29 is 9.18 Å². The van der Waals surface area contributed by atoms with Gasteiger partial charge in [0, 0.05) is 11.1 Å². The lowest BCUT2D eigenvalue weighted by Crippen LogP contribution is -2.53. The number of carbonyl (C=O) groups excluding carboxylic acids is 1. The van der Waals surface area contributed by atoms with E-state index in [0.29, 0.717) is 0 Å². The molecule has 1 atom stereocenters. The van der Waals surface area contributed by atoms with E-state index >= 15 is 0 Å². The number of likely N-dealkylation sites (N-methyl/N-ethyl adjacent to an activating group) is 1. The fourth-order valence-corrected chi connectivity index (χ4v) is 4.54. The van der Waals surface area contributed by atoms with Crippen LogP contribution < -0.4 is 5.32 Å². The molecule has 0 radical (unpaired) electrons. The number of benzene rings is 2. The monoisotopic (exact) mass is 368 g/mol. The molecular formula is C23H29FN2O. The normalized spacial score (nSPS) is 17.1. The molecule has 0 heterocycles. The van der Waals surface area contributed by atoms with E-state index in [9.17, 15) is 9.18 Å². The Morgan fingerprint density at radius 3 is 2.11 bits per heavy atom. The minimum Gasteiger partial charge on any atom is -0.343 e. The average Bonchev–Trinajstić information content (AvgIpc) is 3.11. The molecule has 4 heteroatoms. The number of amides is 1. The zero-order valence-corrected chi connectivity index (χ0v) is 16.7. The van der Waals surface area contributed by atoms with Crippen LogP contribution >= 0.6 is 0 Å². The maximum Gasteiger partial charge on any atom is 0.252 e. The van der Waals surface area contributed by atoms with Gasteiger partial charge in [-0.3, -0.25) is 4.79 Å². The highest BCUT2D eigenvalue weighted by Crippen LogP contribution is 2.43. The van der Waals surface area contributed by atoms with Gasteiger partial charge in [-0.05, 0) is 69.6 Å². The van der Waals surface area contributed by atoms with Gasteiger partial charge in [0.15, 0.2) is 0 Å². The fraction of sp³-hybridized carbons (Fsp3) is 0.435. The van der Waals surface area contributed by atoms with E-state index in [1.54, 1.807) is 12.1 Å². The van der Waals surface area contributed by atoms with Gasteiger partial charge in [-0.1, -0.05) is 43.2 Å². The first kappa shape index (κ1) is 19.6. The summed E-state index contributed by atoms with van der Waals surface area (Å²) in [5.74, 6) is -0.322. The van der Waals surface area contributed by atoms with Crippen LogP contribution in [0.4, 0.5) is 4.39 Å². The first-order chi connectivity index (χ1) is 12.8. The number of hydrogen-bond donors (Lipinski definition) is 1. The van der Waals surface area contributed by atoms with Crippen molar-refractivity contribution in [2.75, 3.05) is 14.1 Å². The highest BCUT2D eigenvalue weighted by molar-refractivity contribution is 5.97. The summed E-state index contributed by atoms with van der Waals surface area (Å²) >= 11 is 0. The van der Waals surface area contributed by atoms with E-state index in [-0.39, 0.29) is 23.3 Å². The Morgan fingerprint density at radius 2 is 1.59 bits per heavy atom. The number of halogens is 1. The molecule has 1 aliphatic rings. The maximum absolute atomic E-state index is 13.5. The van der Waals surface area contributed by atoms with Crippen molar-refractivity contribution in [3.8, 4) is 0 Å². The molecule has 144 valence electrons. The van der Waals surface area contributed by atoms with Crippen LogP contribution in [0.25, 0.3) is 0 Å². The van der Waals surface area contributed by atoms with Gasteiger partial charge >= 0.3 is 0 Å². The third-order valence-corrected chi connectivity index (χ3v) is 6.08. The number of aryl methyl sites for hydroxylation is 2. The SMILES string of the molecule is Cc1cccc(C)c1C(=O)NC(c1ccc(F)cc1)C1(N(C)C)CCCC1. The zero-order valence-electron chi connectivity index (χ0n) is 16.7. The topological polar surface area (TPSA) is 32.3 Å². The van der Waals surface area contributed by atoms with Crippen LogP contribution in [0.5, 0.6) is 0 Å². The van der Waals surface area contributed by atoms with Crippen LogP contribution in [0.15, 0.2) is 42.5 Å². The Hall–Kier alpha value is -2.20. The van der Waals surface area contributed by atoms with E-state index in [1.807, 2.05) is 32.0 Å². The summed E-state index contributed by atoms with van der Waals surface area (Å²) < 4.78 is 13.5. The minimum absolute atomic E-state index is 0.0620. The lowest BCUT2D eigenvalue weighted by atomic mass is 9.82. The van der Waals surface area contributed by atoms with Crippen molar-refractivity contribution in [3.05, 3.63) is 70.5 Å². The number of nitrogens with one attached hydrogen (secondary N) is 1. The summed E-state index contributed by atoms with van der Waals surface area (Å²) in [4.78, 5) is 15.5. The van der Waals surface area contributed by atoms with Gasteiger partial charge in [-0.2, -0.15) is 0 Å². The van der Waals surface area contributed by atoms with Crippen LogP contribution in [0.1, 0.15) is 58.8 Å². The number of rotatable bonds is 5. The molecule has 0 aliphatic heterocycles. The van der Waals surface area contributed by atoms with E-state index in [4.69, 9.17) is 0 Å². The molecule has 27 heavy (non-hydrogen) atoms. The van der Waals surface area contributed by atoms with Crippen molar-refractivity contribution in [2.45, 2.75) is 51.1 Å². The van der Waals surface area contributed by atoms with Crippen molar-refractivity contribution in [2.24, 2.45) is 0 Å². The summed E-state index contributed by atoms with van der Waals surface area (Å²) in [6, 6.07) is 12.3. The highest BCUT2D eigenvalue weighted by Gasteiger charge is 2.44. The molecule has 3 rings (SSSR count). The number of nitrogens with zero attached hydrogens (tertiary/aromatic N) is 1. The van der Waals surface area contributed by atoms with Gasteiger partial charge in [0.2, 0.25) is 0 Å². The number of carbonyl (C=O) groups is 1. The second-order valence-electron chi connectivity index (χ2n) is 7.93. The molecule has 0 saturated heterocycles. The summed E-state index contributed by atoms with van der Waals surface area (Å²) in [7, 11) is 4.15. The van der Waals surface area contributed by atoms with Gasteiger partial charge < -0.3 is 10.2 Å². The fourth-order valence-electron chi connectivity index (χ4n) is 4.54. The van der Waals surface area contributed by atoms with Crippen LogP contribution in [-0.4, -0.2) is 30.4 Å². The van der Waals surface area contributed by atoms with Crippen LogP contribution in [0.2, 0.25) is 0 Å². The average molecular weight is 368 g/mol. The predicted molar refractivity (Wildman–Crippen MR) is 107 cm³/mol. The predicted octanol–water partition coefficient (Wildman–Crippen LogP) is 4.79. The second-order valence-corrected chi connectivity index (χ2v) is 7.93. The first-order valence-electron chi connectivity index (χ1n) is 9.65. The smallest absolute Gasteiger partial charge is 0.252 e. The standard InChI is InChI=1S/C23H29FN2O/c1-16-8-7-9-17(2)20(16)22(27)25-21(18-10-12-19(24)13-11-18)23(26(3)4)14-5-6-15-23/h7-13,21H,5-6,14-15H2,1-4H3,(H,25,27). The Morgan fingerprint density at radius 1 is 1.04 bits per heavy atom. The molecule has 3 nitrogen and oxygen atoms in total. The second kappa shape index (κ2) is 7.81. The summed E-state index contributed by atoms with van der Waals surface area (Å²) in [5.41, 5.74) is 3.46. The third kappa shape index (κ3) is 3.77. The first-order valence-corrected chi connectivity index (χ1v) is 9.65. The summed E-state index contributed by atoms with van der Waals surface area (Å²) in [6.07, 6.45) is 4.29. The van der Waals surface area contributed by atoms with E-state index in [0.717, 1.165) is 47.9 Å². The molecule has 0 spiro atoms. The molecule has 1 saturated carbocycles. The molecule has 1 aliphatic carbocycles. The molecule has 2 aromatic rings. The van der Waals surface area contributed by atoms with Crippen molar-refractivity contribution >= 4 is 5.91 Å². The van der Waals surface area contributed by atoms with Gasteiger partial charge in [0.1, 0.15) is 5.82 Å². The van der Waals surface area contributed by atoms with Crippen molar-refractivity contribution in [3.63, 3.8) is 0 Å². The number of hydrogen-bond acceptors (Lipinski definition) is 2. The molecule has 0 aromatic heterocycles. The molecule has 1 amide bonds. The third-order valence-electron chi connectivity index (χ3n) is 6.08. The van der Waals surface area contributed by atoms with E-state index in [1.165, 1.54) is 12.1 Å². The Bertz CT molecular complexity index is 787. The van der Waals surface area contributed by atoms with Gasteiger partial charge in [0.25, 0.3) is 5.91 Å². The van der Waals surface area contributed by atoms with Crippen LogP contribution in [0.3, 0.4) is 0 Å². The quantitative estimate of drug-likeness (QED) is 0.823. The Kier molecular flexibility index (Phi) is 5.66. The summed E-state index contributed by atoms with van der Waals surface area (Å²) in [6.45, 7) is 3.93. The Balaban J connectivity index is 2.02. The van der Waals surface area contributed by atoms with Gasteiger partial charge in [0.05, 0.1) is 6.04 Å². The largest absolute Gasteiger partial charge is 0.343 e.